The van der Waals surface area contributed by atoms with Crippen LogP contribution in [0.4, 0.5) is 5.69 Å². The average Bonchev–Trinajstić information content (AvgIpc) is 2.59. The van der Waals surface area contributed by atoms with Crippen molar-refractivity contribution in [3.8, 4) is 0 Å². The number of hydrogen-bond acceptors (Lipinski definition) is 7. The molecule has 1 heterocycles. The van der Waals surface area contributed by atoms with Crippen LogP contribution in [0, 0.1) is 22.0 Å². The van der Waals surface area contributed by atoms with Crippen molar-refractivity contribution in [2.24, 2.45) is 16.8 Å². The Morgan fingerprint density at radius 2 is 2.08 bits per heavy atom. The molecule has 2 rings (SSSR count). The summed E-state index contributed by atoms with van der Waals surface area (Å²) in [5.74, 6) is -5.44. The van der Waals surface area contributed by atoms with Crippen LogP contribution in [-0.4, -0.2) is 47.1 Å². The predicted octanol–water partition coefficient (Wildman–Crippen LogP) is 1.21. The van der Waals surface area contributed by atoms with Crippen LogP contribution in [0.15, 0.2) is 29.3 Å². The van der Waals surface area contributed by atoms with Gasteiger partial charge in [-0.25, -0.2) is 0 Å². The number of nitrogens with zero attached hydrogens (tertiary/aromatic N) is 2. The van der Waals surface area contributed by atoms with Crippen LogP contribution in [0.5, 0.6) is 0 Å². The van der Waals surface area contributed by atoms with Crippen LogP contribution in [0.2, 0.25) is 0 Å². The maximum Gasteiger partial charge on any atom is 0.312 e. The maximum atomic E-state index is 12.2. The van der Waals surface area contributed by atoms with Crippen LogP contribution in [0.1, 0.15) is 18.4 Å². The Bertz CT molecular complexity index is 759. The van der Waals surface area contributed by atoms with Gasteiger partial charge in [0.25, 0.3) is 5.69 Å². The number of methoxy groups -OCH3 is 1. The zero-order chi connectivity index (χ0) is 18.7. The van der Waals surface area contributed by atoms with Crippen molar-refractivity contribution in [3.05, 3.63) is 39.9 Å². The van der Waals surface area contributed by atoms with Gasteiger partial charge in [0.05, 0.1) is 18.0 Å². The lowest BCUT2D eigenvalue weighted by Crippen LogP contribution is -2.46. The smallest absolute Gasteiger partial charge is 0.312 e. The molecule has 1 aromatic rings. The number of nitro benzene ring substituents is 1. The van der Waals surface area contributed by atoms with Crippen molar-refractivity contribution >= 4 is 29.6 Å². The van der Waals surface area contributed by atoms with Crippen molar-refractivity contribution in [1.82, 2.24) is 0 Å². The van der Waals surface area contributed by atoms with E-state index in [2.05, 4.69) is 4.99 Å². The number of non-ortho nitro benzene ring substituents is 1. The number of hydrogen-bond donors (Lipinski definition) is 1. The molecular formula is C16H16N2O7. The third-order valence-corrected chi connectivity index (χ3v) is 4.26. The average molecular weight is 348 g/mol. The SMILES string of the molecule is COC(=O)C1C(C=O)N=C(C)C(C(=O)O)C1c1cccc([N+](=O)[O-])c1. The molecule has 0 saturated heterocycles. The molecule has 0 amide bonds. The molecule has 9 nitrogen and oxygen atoms in total. The van der Waals surface area contributed by atoms with Gasteiger partial charge in [-0.3, -0.25) is 24.7 Å². The van der Waals surface area contributed by atoms with Crippen LogP contribution < -0.4 is 0 Å². The highest BCUT2D eigenvalue weighted by atomic mass is 16.6. The number of esters is 1. The number of aliphatic carboxylic acids is 1. The molecule has 132 valence electrons. The highest BCUT2D eigenvalue weighted by molar-refractivity contribution is 6.04. The second-order valence-corrected chi connectivity index (χ2v) is 5.64. The van der Waals surface area contributed by atoms with Crippen LogP contribution in [0.3, 0.4) is 0 Å². The first-order chi connectivity index (χ1) is 11.8. The highest BCUT2D eigenvalue weighted by Crippen LogP contribution is 2.41. The van der Waals surface area contributed by atoms with Gasteiger partial charge < -0.3 is 14.6 Å². The molecule has 0 radical (unpaired) electrons. The second-order valence-electron chi connectivity index (χ2n) is 5.64. The predicted molar refractivity (Wildman–Crippen MR) is 85.4 cm³/mol. The minimum Gasteiger partial charge on any atom is -0.481 e. The summed E-state index contributed by atoms with van der Waals surface area (Å²) in [6.07, 6.45) is 0.452. The summed E-state index contributed by atoms with van der Waals surface area (Å²) in [4.78, 5) is 49.8. The van der Waals surface area contributed by atoms with Crippen molar-refractivity contribution in [1.29, 1.82) is 0 Å². The number of aliphatic imine (C=N–C) groups is 1. The Labute approximate surface area is 142 Å². The summed E-state index contributed by atoms with van der Waals surface area (Å²) in [7, 11) is 1.12. The fourth-order valence-corrected chi connectivity index (χ4v) is 3.19. The van der Waals surface area contributed by atoms with Gasteiger partial charge in [0.15, 0.2) is 0 Å². The Hall–Kier alpha value is -3.10. The Kier molecular flexibility index (Phi) is 5.26. The van der Waals surface area contributed by atoms with Crippen molar-refractivity contribution in [2.45, 2.75) is 18.9 Å². The van der Waals surface area contributed by atoms with Gasteiger partial charge in [-0.2, -0.15) is 0 Å². The molecule has 0 fully saturated rings. The minimum atomic E-state index is -1.24. The molecule has 0 aromatic heterocycles. The van der Waals surface area contributed by atoms with Crippen molar-refractivity contribution in [3.63, 3.8) is 0 Å². The van der Waals surface area contributed by atoms with E-state index in [1.807, 2.05) is 0 Å². The van der Waals surface area contributed by atoms with E-state index in [9.17, 15) is 29.6 Å². The fraction of sp³-hybridized carbons (Fsp3) is 0.375. The first-order valence-corrected chi connectivity index (χ1v) is 7.36. The molecule has 1 N–H and O–H groups in total. The summed E-state index contributed by atoms with van der Waals surface area (Å²) in [5, 5.41) is 20.6. The van der Waals surface area contributed by atoms with E-state index in [-0.39, 0.29) is 17.0 Å². The molecule has 0 aliphatic carbocycles. The standard InChI is InChI=1S/C16H16N2O7/c1-8-12(15(20)21)13(9-4-3-5-10(6-9)18(23)24)14(16(22)25-2)11(7-19)17-8/h3-7,11-14H,1-2H3,(H,20,21). The molecule has 0 spiro atoms. The molecule has 1 aromatic carbocycles. The maximum absolute atomic E-state index is 12.2. The summed E-state index contributed by atoms with van der Waals surface area (Å²) < 4.78 is 4.72. The topological polar surface area (TPSA) is 136 Å². The van der Waals surface area contributed by atoms with E-state index in [4.69, 9.17) is 4.74 Å². The lowest BCUT2D eigenvalue weighted by molar-refractivity contribution is -0.384. The molecule has 25 heavy (non-hydrogen) atoms. The summed E-state index contributed by atoms with van der Waals surface area (Å²) in [6.45, 7) is 1.45. The number of rotatable bonds is 5. The second kappa shape index (κ2) is 7.20. The number of carbonyl (C=O) groups is 3. The first-order valence-electron chi connectivity index (χ1n) is 7.36. The number of benzene rings is 1. The lowest BCUT2D eigenvalue weighted by atomic mass is 9.70. The number of nitro groups is 1. The summed E-state index contributed by atoms with van der Waals surface area (Å²) >= 11 is 0. The molecule has 1 aliphatic heterocycles. The van der Waals surface area contributed by atoms with E-state index in [0.29, 0.717) is 6.29 Å². The first kappa shape index (κ1) is 18.2. The van der Waals surface area contributed by atoms with Gasteiger partial charge in [-0.05, 0) is 12.5 Å². The quantitative estimate of drug-likeness (QED) is 0.365. The van der Waals surface area contributed by atoms with E-state index >= 15 is 0 Å². The van der Waals surface area contributed by atoms with E-state index in [0.717, 1.165) is 7.11 Å². The molecule has 4 unspecified atom stereocenters. The van der Waals surface area contributed by atoms with Gasteiger partial charge >= 0.3 is 11.9 Å². The largest absolute Gasteiger partial charge is 0.481 e. The monoisotopic (exact) mass is 348 g/mol. The van der Waals surface area contributed by atoms with Gasteiger partial charge in [-0.1, -0.05) is 12.1 Å². The van der Waals surface area contributed by atoms with Gasteiger partial charge in [0.1, 0.15) is 18.2 Å². The normalized spacial score (nSPS) is 25.6. The van der Waals surface area contributed by atoms with Gasteiger partial charge in [0, 0.05) is 23.8 Å². The molecule has 0 saturated carbocycles. The van der Waals surface area contributed by atoms with Crippen LogP contribution in [-0.2, 0) is 19.1 Å². The van der Waals surface area contributed by atoms with Crippen LogP contribution in [0.25, 0.3) is 0 Å². The molecule has 0 bridgehead atoms. The number of carboxylic acids is 1. The summed E-state index contributed by atoms with van der Waals surface area (Å²) in [5.41, 5.74) is 0.187. The summed E-state index contributed by atoms with van der Waals surface area (Å²) in [6, 6.07) is 4.24. The zero-order valence-electron chi connectivity index (χ0n) is 13.5. The van der Waals surface area contributed by atoms with Crippen molar-refractivity contribution < 1.29 is 29.2 Å². The lowest BCUT2D eigenvalue weighted by Gasteiger charge is -2.36. The fourth-order valence-electron chi connectivity index (χ4n) is 3.19. The number of carbonyl (C=O) groups excluding carboxylic acids is 2. The third kappa shape index (κ3) is 3.39. The Morgan fingerprint density at radius 3 is 2.60 bits per heavy atom. The molecule has 9 heteroatoms. The highest BCUT2D eigenvalue weighted by Gasteiger charge is 2.48. The van der Waals surface area contributed by atoms with Crippen LogP contribution >= 0.6 is 0 Å². The number of ether oxygens (including phenoxy) is 1. The Morgan fingerprint density at radius 1 is 1.40 bits per heavy atom. The number of carboxylic acid groups (broad SMARTS) is 1. The molecular weight excluding hydrogens is 332 g/mol. The molecule has 4 atom stereocenters. The Balaban J connectivity index is 2.68. The van der Waals surface area contributed by atoms with Gasteiger partial charge in [0.2, 0.25) is 0 Å². The zero-order valence-corrected chi connectivity index (χ0v) is 13.5. The number of aldehydes is 1. The van der Waals surface area contributed by atoms with E-state index < -0.39 is 40.7 Å². The van der Waals surface area contributed by atoms with Crippen molar-refractivity contribution in [2.75, 3.05) is 7.11 Å². The van der Waals surface area contributed by atoms with E-state index in [1.54, 1.807) is 0 Å². The van der Waals surface area contributed by atoms with Gasteiger partial charge in [-0.15, -0.1) is 0 Å². The third-order valence-electron chi connectivity index (χ3n) is 4.26. The van der Waals surface area contributed by atoms with E-state index in [1.165, 1.54) is 31.2 Å². The molecule has 1 aliphatic rings. The minimum absolute atomic E-state index is 0.168.